The van der Waals surface area contributed by atoms with Gasteiger partial charge in [-0.2, -0.15) is 0 Å². The van der Waals surface area contributed by atoms with Gasteiger partial charge in [-0.3, -0.25) is 9.59 Å². The van der Waals surface area contributed by atoms with Gasteiger partial charge in [0, 0.05) is 56.8 Å². The molecule has 3 rings (SSSR count). The Morgan fingerprint density at radius 1 is 1.15 bits per heavy atom. The molecule has 2 amide bonds. The summed E-state index contributed by atoms with van der Waals surface area (Å²) in [6.45, 7) is 6.64. The van der Waals surface area contributed by atoms with Crippen molar-refractivity contribution in [2.24, 2.45) is 5.92 Å². The van der Waals surface area contributed by atoms with E-state index in [0.717, 1.165) is 45.6 Å². The van der Waals surface area contributed by atoms with E-state index in [1.807, 2.05) is 23.1 Å². The summed E-state index contributed by atoms with van der Waals surface area (Å²) >= 11 is 0. The molecule has 2 aliphatic rings. The van der Waals surface area contributed by atoms with Crippen LogP contribution in [0, 0.1) is 5.92 Å². The number of rotatable bonds is 5. The molecular weight excluding hydrogens is 364 g/mol. The van der Waals surface area contributed by atoms with Crippen molar-refractivity contribution >= 4 is 29.9 Å². The third kappa shape index (κ3) is 6.11. The quantitative estimate of drug-likeness (QED) is 0.797. The second-order valence-corrected chi connectivity index (χ2v) is 7.32. The highest BCUT2D eigenvalue weighted by Gasteiger charge is 2.25. The van der Waals surface area contributed by atoms with Gasteiger partial charge in [0.15, 0.2) is 0 Å². The lowest BCUT2D eigenvalue weighted by Gasteiger charge is -2.36. The van der Waals surface area contributed by atoms with Crippen LogP contribution in [-0.2, 0) is 9.59 Å². The number of para-hydroxylation sites is 1. The molecule has 0 aliphatic carbocycles. The number of carbonyl (C=O) groups is 2. The third-order valence-corrected chi connectivity index (χ3v) is 5.39. The van der Waals surface area contributed by atoms with Crippen LogP contribution in [0.4, 0.5) is 5.69 Å². The summed E-state index contributed by atoms with van der Waals surface area (Å²) in [5.41, 5.74) is 1.21. The van der Waals surface area contributed by atoms with Crippen LogP contribution >= 0.6 is 12.4 Å². The molecule has 1 aromatic rings. The molecule has 7 heteroatoms. The predicted molar refractivity (Wildman–Crippen MR) is 110 cm³/mol. The van der Waals surface area contributed by atoms with Crippen molar-refractivity contribution in [3.63, 3.8) is 0 Å². The summed E-state index contributed by atoms with van der Waals surface area (Å²) in [7, 11) is 0. The first kappa shape index (κ1) is 21.5. The fraction of sp³-hybridized carbons (Fsp3) is 0.600. The molecule has 27 heavy (non-hydrogen) atoms. The second-order valence-electron chi connectivity index (χ2n) is 7.32. The van der Waals surface area contributed by atoms with Crippen LogP contribution in [-0.4, -0.2) is 62.0 Å². The van der Waals surface area contributed by atoms with Crippen molar-refractivity contribution in [3.05, 3.63) is 30.3 Å². The lowest BCUT2D eigenvalue weighted by molar-refractivity contribution is -0.131. The molecule has 2 fully saturated rings. The topological polar surface area (TPSA) is 64.7 Å². The minimum atomic E-state index is 0. The van der Waals surface area contributed by atoms with E-state index in [9.17, 15) is 9.59 Å². The van der Waals surface area contributed by atoms with E-state index in [-0.39, 0.29) is 30.1 Å². The van der Waals surface area contributed by atoms with Gasteiger partial charge in [-0.15, -0.1) is 12.4 Å². The van der Waals surface area contributed by atoms with Crippen LogP contribution in [0.1, 0.15) is 26.2 Å². The van der Waals surface area contributed by atoms with Gasteiger partial charge >= 0.3 is 0 Å². The van der Waals surface area contributed by atoms with Gasteiger partial charge in [0.25, 0.3) is 0 Å². The number of hydrogen-bond acceptors (Lipinski definition) is 4. The lowest BCUT2D eigenvalue weighted by Crippen LogP contribution is -2.49. The summed E-state index contributed by atoms with van der Waals surface area (Å²) in [5.74, 6) is 0.313. The van der Waals surface area contributed by atoms with E-state index in [2.05, 4.69) is 34.6 Å². The number of benzene rings is 1. The summed E-state index contributed by atoms with van der Waals surface area (Å²) in [6.07, 6.45) is 2.14. The first-order valence-electron chi connectivity index (χ1n) is 9.72. The standard InChI is InChI=1S/C20H30N4O2.ClH/c1-16-15-17(7-9-21-16)20(26)22-10-8-19(25)24-13-11-23(12-14-24)18-5-3-2-4-6-18;/h2-6,16-17,21H,7-15H2,1H3,(H,22,26);1H/t16-,17-;/m0./s1. The maximum Gasteiger partial charge on any atom is 0.224 e. The number of nitrogens with one attached hydrogen (secondary N) is 2. The molecule has 6 nitrogen and oxygen atoms in total. The minimum absolute atomic E-state index is 0. The van der Waals surface area contributed by atoms with Crippen LogP contribution in [0.5, 0.6) is 0 Å². The van der Waals surface area contributed by atoms with Crippen molar-refractivity contribution < 1.29 is 9.59 Å². The normalized spacial score (nSPS) is 22.7. The van der Waals surface area contributed by atoms with E-state index >= 15 is 0 Å². The van der Waals surface area contributed by atoms with Crippen LogP contribution in [0.15, 0.2) is 30.3 Å². The molecule has 2 atom stereocenters. The van der Waals surface area contributed by atoms with Crippen LogP contribution < -0.4 is 15.5 Å². The molecule has 0 bridgehead atoms. The van der Waals surface area contributed by atoms with Crippen LogP contribution in [0.25, 0.3) is 0 Å². The van der Waals surface area contributed by atoms with E-state index in [1.54, 1.807) is 0 Å². The maximum absolute atomic E-state index is 12.4. The Labute approximate surface area is 168 Å². The minimum Gasteiger partial charge on any atom is -0.368 e. The molecule has 0 aromatic heterocycles. The number of piperazine rings is 1. The maximum atomic E-state index is 12.4. The van der Waals surface area contributed by atoms with E-state index in [0.29, 0.717) is 19.0 Å². The SMILES string of the molecule is C[C@H]1C[C@@H](C(=O)NCCC(=O)N2CCN(c3ccccc3)CC2)CCN1.Cl. The Balaban J connectivity index is 0.00000261. The fourth-order valence-electron chi connectivity index (χ4n) is 3.82. The number of hydrogen-bond donors (Lipinski definition) is 2. The molecule has 0 spiro atoms. The number of carbonyl (C=O) groups excluding carboxylic acids is 2. The molecular formula is C20H31ClN4O2. The van der Waals surface area contributed by atoms with E-state index in [1.165, 1.54) is 5.69 Å². The Morgan fingerprint density at radius 3 is 2.52 bits per heavy atom. The van der Waals surface area contributed by atoms with Crippen molar-refractivity contribution in [1.29, 1.82) is 0 Å². The summed E-state index contributed by atoms with van der Waals surface area (Å²) < 4.78 is 0. The number of piperidine rings is 1. The predicted octanol–water partition coefficient (Wildman–Crippen LogP) is 1.65. The Morgan fingerprint density at radius 2 is 1.85 bits per heavy atom. The number of nitrogens with zero attached hydrogens (tertiary/aromatic N) is 2. The summed E-state index contributed by atoms with van der Waals surface area (Å²) in [5, 5.41) is 6.31. The molecule has 0 saturated carbocycles. The van der Waals surface area contributed by atoms with Gasteiger partial charge < -0.3 is 20.4 Å². The molecule has 0 unspecified atom stereocenters. The smallest absolute Gasteiger partial charge is 0.224 e. The summed E-state index contributed by atoms with van der Waals surface area (Å²) in [4.78, 5) is 28.9. The Bertz CT molecular complexity index is 605. The third-order valence-electron chi connectivity index (χ3n) is 5.39. The van der Waals surface area contributed by atoms with Crippen molar-refractivity contribution in [2.45, 2.75) is 32.2 Å². The Hall–Kier alpha value is -1.79. The highest BCUT2D eigenvalue weighted by atomic mass is 35.5. The molecule has 150 valence electrons. The fourth-order valence-corrected chi connectivity index (χ4v) is 3.82. The van der Waals surface area contributed by atoms with E-state index < -0.39 is 0 Å². The number of anilines is 1. The molecule has 0 radical (unpaired) electrons. The van der Waals surface area contributed by atoms with Crippen LogP contribution in [0.2, 0.25) is 0 Å². The van der Waals surface area contributed by atoms with Gasteiger partial charge in [-0.25, -0.2) is 0 Å². The molecule has 1 aromatic carbocycles. The highest BCUT2D eigenvalue weighted by molar-refractivity contribution is 5.85. The van der Waals surface area contributed by atoms with Crippen molar-refractivity contribution in [3.8, 4) is 0 Å². The van der Waals surface area contributed by atoms with Gasteiger partial charge in [-0.1, -0.05) is 18.2 Å². The number of halogens is 1. The van der Waals surface area contributed by atoms with Crippen molar-refractivity contribution in [1.82, 2.24) is 15.5 Å². The van der Waals surface area contributed by atoms with Crippen molar-refractivity contribution in [2.75, 3.05) is 44.2 Å². The lowest BCUT2D eigenvalue weighted by atomic mass is 9.92. The average molecular weight is 395 g/mol. The van der Waals surface area contributed by atoms with Gasteiger partial charge in [0.1, 0.15) is 0 Å². The zero-order valence-electron chi connectivity index (χ0n) is 16.0. The number of amides is 2. The highest BCUT2D eigenvalue weighted by Crippen LogP contribution is 2.17. The van der Waals surface area contributed by atoms with Gasteiger partial charge in [0.05, 0.1) is 0 Å². The second kappa shape index (κ2) is 10.5. The first-order valence-corrected chi connectivity index (χ1v) is 9.72. The van der Waals surface area contributed by atoms with Crippen LogP contribution in [0.3, 0.4) is 0 Å². The molecule has 2 saturated heterocycles. The summed E-state index contributed by atoms with van der Waals surface area (Å²) in [6, 6.07) is 10.7. The van der Waals surface area contributed by atoms with Gasteiger partial charge in [0.2, 0.25) is 11.8 Å². The average Bonchev–Trinajstić information content (AvgIpc) is 2.68. The zero-order valence-corrected chi connectivity index (χ0v) is 16.8. The monoisotopic (exact) mass is 394 g/mol. The zero-order chi connectivity index (χ0) is 18.4. The first-order chi connectivity index (χ1) is 12.6. The molecule has 2 aliphatic heterocycles. The molecule has 2 N–H and O–H groups in total. The van der Waals surface area contributed by atoms with Gasteiger partial charge in [-0.05, 0) is 38.4 Å². The largest absolute Gasteiger partial charge is 0.368 e. The Kier molecular flexibility index (Phi) is 8.38. The molecule has 2 heterocycles. The van der Waals surface area contributed by atoms with E-state index in [4.69, 9.17) is 0 Å².